The molecule has 0 spiro atoms. The number of hydrogen-bond donors (Lipinski definition) is 2. The topological polar surface area (TPSA) is 67.4 Å². The number of rotatable bonds is 7. The number of carbonyl (C=O) groups is 2. The number of carbonyl (C=O) groups excluding carboxylic acids is 2. The maximum absolute atomic E-state index is 12.4. The molecule has 5 nitrogen and oxygen atoms in total. The van der Waals surface area contributed by atoms with Crippen LogP contribution in [0.15, 0.2) is 53.2 Å². The highest BCUT2D eigenvalue weighted by atomic mass is 35.5. The van der Waals surface area contributed by atoms with Crippen LogP contribution in [0.2, 0.25) is 0 Å². The summed E-state index contributed by atoms with van der Waals surface area (Å²) in [6, 6.07) is 5.12. The third-order valence-electron chi connectivity index (χ3n) is 3.88. The Bertz CT molecular complexity index is 815. The molecule has 1 fully saturated rings. The lowest BCUT2D eigenvalue weighted by atomic mass is 9.98. The van der Waals surface area contributed by atoms with Crippen LogP contribution in [0.25, 0.3) is 5.57 Å². The van der Waals surface area contributed by atoms with E-state index in [1.54, 1.807) is 19.2 Å². The lowest BCUT2D eigenvalue weighted by molar-refractivity contribution is -0.274. The molecule has 1 amide bonds. The van der Waals surface area contributed by atoms with Crippen molar-refractivity contribution in [1.82, 2.24) is 10.6 Å². The van der Waals surface area contributed by atoms with Gasteiger partial charge in [-0.05, 0) is 36.3 Å². The normalized spacial score (nSPS) is 18.7. The number of likely N-dealkylation sites (N-methyl/N-ethyl adjacent to an activating group) is 1. The van der Waals surface area contributed by atoms with Crippen molar-refractivity contribution in [3.63, 3.8) is 0 Å². The molecule has 0 unspecified atom stereocenters. The Labute approximate surface area is 164 Å². The molecular weight excluding hydrogens is 397 g/mol. The Morgan fingerprint density at radius 1 is 1.29 bits per heavy atom. The average Bonchev–Trinajstić information content (AvgIpc) is 3.05. The number of aldehydes is 1. The number of benzene rings is 1. The summed E-state index contributed by atoms with van der Waals surface area (Å²) in [5.74, 6) is -0.419. The molecule has 0 aliphatic carbocycles. The van der Waals surface area contributed by atoms with E-state index in [-0.39, 0.29) is 22.7 Å². The third kappa shape index (κ3) is 6.45. The molecule has 1 aromatic carbocycles. The fraction of sp³-hybridized carbons (Fsp3) is 0.263. The molecule has 1 aromatic rings. The summed E-state index contributed by atoms with van der Waals surface area (Å²) >= 11 is 5.71. The molecule has 28 heavy (non-hydrogen) atoms. The first kappa shape index (κ1) is 21.6. The number of nitrogens with one attached hydrogen (secondary N) is 2. The van der Waals surface area contributed by atoms with Crippen molar-refractivity contribution < 1.29 is 27.5 Å². The van der Waals surface area contributed by atoms with E-state index in [0.717, 1.165) is 0 Å². The van der Waals surface area contributed by atoms with Crippen molar-refractivity contribution >= 4 is 29.4 Å². The van der Waals surface area contributed by atoms with E-state index in [9.17, 15) is 22.8 Å². The fourth-order valence-corrected chi connectivity index (χ4v) is 2.71. The number of allylic oxidation sites excluding steroid dienone is 4. The Balaban J connectivity index is 2.41. The monoisotopic (exact) mass is 414 g/mol. The van der Waals surface area contributed by atoms with Gasteiger partial charge in [0.1, 0.15) is 5.75 Å². The van der Waals surface area contributed by atoms with Gasteiger partial charge in [-0.1, -0.05) is 29.8 Å². The molecule has 9 heteroatoms. The van der Waals surface area contributed by atoms with Gasteiger partial charge in [-0.25, -0.2) is 0 Å². The maximum Gasteiger partial charge on any atom is 0.573 e. The van der Waals surface area contributed by atoms with Crippen molar-refractivity contribution in [3.8, 4) is 5.75 Å². The molecule has 0 aromatic heterocycles. The van der Waals surface area contributed by atoms with Gasteiger partial charge in [0.25, 0.3) is 0 Å². The van der Waals surface area contributed by atoms with Crippen LogP contribution in [0.1, 0.15) is 18.4 Å². The summed E-state index contributed by atoms with van der Waals surface area (Å²) in [7, 11) is 1.65. The Kier molecular flexibility index (Phi) is 7.28. The van der Waals surface area contributed by atoms with Crippen molar-refractivity contribution in [2.24, 2.45) is 0 Å². The average molecular weight is 415 g/mol. The molecule has 1 atom stereocenters. The smallest absolute Gasteiger partial charge is 0.406 e. The number of halogens is 4. The van der Waals surface area contributed by atoms with Gasteiger partial charge in [0, 0.05) is 30.8 Å². The van der Waals surface area contributed by atoms with E-state index < -0.39 is 6.36 Å². The molecule has 2 N–H and O–H groups in total. The van der Waals surface area contributed by atoms with E-state index >= 15 is 0 Å². The van der Waals surface area contributed by atoms with Gasteiger partial charge in [-0.2, -0.15) is 0 Å². The Morgan fingerprint density at radius 3 is 2.46 bits per heavy atom. The number of alkyl halides is 3. The summed E-state index contributed by atoms with van der Waals surface area (Å²) in [5, 5.41) is 5.76. The summed E-state index contributed by atoms with van der Waals surface area (Å²) in [6.45, 7) is 0. The first-order valence-electron chi connectivity index (χ1n) is 8.30. The van der Waals surface area contributed by atoms with Crippen LogP contribution in [-0.4, -0.2) is 31.6 Å². The van der Waals surface area contributed by atoms with E-state index in [2.05, 4.69) is 15.4 Å². The zero-order valence-corrected chi connectivity index (χ0v) is 15.6. The van der Waals surface area contributed by atoms with Gasteiger partial charge in [0.2, 0.25) is 5.91 Å². The third-order valence-corrected chi connectivity index (χ3v) is 4.09. The zero-order chi connectivity index (χ0) is 20.7. The molecule has 0 saturated carbocycles. The van der Waals surface area contributed by atoms with Gasteiger partial charge in [0.15, 0.2) is 6.29 Å². The highest BCUT2D eigenvalue weighted by Gasteiger charge is 2.31. The summed E-state index contributed by atoms with van der Waals surface area (Å²) in [6.07, 6.45) is 1.45. The Morgan fingerprint density at radius 2 is 1.96 bits per heavy atom. The molecule has 150 valence electrons. The summed E-state index contributed by atoms with van der Waals surface area (Å²) in [5.41, 5.74) is 1.78. The summed E-state index contributed by atoms with van der Waals surface area (Å²) < 4.78 is 41.0. The minimum atomic E-state index is -4.78. The first-order valence-corrected chi connectivity index (χ1v) is 8.68. The molecular formula is C19H18ClF3N2O3. The predicted octanol–water partition coefficient (Wildman–Crippen LogP) is 3.67. The van der Waals surface area contributed by atoms with Crippen molar-refractivity contribution in [2.75, 3.05) is 7.05 Å². The molecule has 1 saturated heterocycles. The minimum absolute atomic E-state index is 0.0183. The fourth-order valence-electron chi connectivity index (χ4n) is 2.65. The van der Waals surface area contributed by atoms with Crippen LogP contribution >= 0.6 is 11.6 Å². The SMILES string of the molecule is CNC(=C\C=C(\Cl)C=O)/C(=C/[C@H]1CCC(=O)N1)c1ccc(OC(F)(F)F)cc1. The van der Waals surface area contributed by atoms with Crippen LogP contribution in [0.4, 0.5) is 13.2 Å². The van der Waals surface area contributed by atoms with E-state index in [1.165, 1.54) is 30.3 Å². The van der Waals surface area contributed by atoms with Crippen LogP contribution in [-0.2, 0) is 9.59 Å². The second-order valence-corrected chi connectivity index (χ2v) is 6.30. The highest BCUT2D eigenvalue weighted by molar-refractivity contribution is 6.38. The van der Waals surface area contributed by atoms with Gasteiger partial charge in [0.05, 0.1) is 5.03 Å². The highest BCUT2D eigenvalue weighted by Crippen LogP contribution is 2.28. The van der Waals surface area contributed by atoms with Gasteiger partial charge >= 0.3 is 6.36 Å². The van der Waals surface area contributed by atoms with E-state index in [0.29, 0.717) is 36.0 Å². The molecule has 0 bridgehead atoms. The molecule has 1 aliphatic heterocycles. The van der Waals surface area contributed by atoms with Crippen LogP contribution < -0.4 is 15.4 Å². The largest absolute Gasteiger partial charge is 0.573 e. The minimum Gasteiger partial charge on any atom is -0.406 e. The second kappa shape index (κ2) is 9.45. The lowest BCUT2D eigenvalue weighted by Gasteiger charge is -2.16. The van der Waals surface area contributed by atoms with Crippen LogP contribution in [0.5, 0.6) is 5.75 Å². The van der Waals surface area contributed by atoms with Crippen LogP contribution in [0.3, 0.4) is 0 Å². The van der Waals surface area contributed by atoms with Gasteiger partial charge in [-0.3, -0.25) is 9.59 Å². The van der Waals surface area contributed by atoms with Gasteiger partial charge < -0.3 is 15.4 Å². The number of hydrogen-bond acceptors (Lipinski definition) is 4. The van der Waals surface area contributed by atoms with Crippen molar-refractivity contribution in [2.45, 2.75) is 25.2 Å². The predicted molar refractivity (Wildman–Crippen MR) is 99.4 cm³/mol. The van der Waals surface area contributed by atoms with Crippen LogP contribution in [0, 0.1) is 0 Å². The van der Waals surface area contributed by atoms with E-state index in [4.69, 9.17) is 11.6 Å². The molecule has 1 heterocycles. The van der Waals surface area contributed by atoms with Crippen molar-refractivity contribution in [1.29, 1.82) is 0 Å². The van der Waals surface area contributed by atoms with Gasteiger partial charge in [-0.15, -0.1) is 13.2 Å². The first-order chi connectivity index (χ1) is 13.2. The summed E-state index contributed by atoms with van der Waals surface area (Å²) in [4.78, 5) is 22.2. The standard InChI is InChI=1S/C19H18ClF3N2O3/c1-24-17(8-4-13(20)11-26)16(10-14-5-9-18(27)25-14)12-2-6-15(7-3-12)28-19(21,22)23/h2-4,6-8,10-11,14,24H,5,9H2,1H3,(H,25,27)/b13-4+,16-10+,17-8-/t14-/m1/s1. The quantitative estimate of drug-likeness (QED) is 0.406. The molecule has 1 aliphatic rings. The maximum atomic E-state index is 12.4. The Hall–Kier alpha value is -2.74. The lowest BCUT2D eigenvalue weighted by Crippen LogP contribution is -2.24. The second-order valence-electron chi connectivity index (χ2n) is 5.86. The number of amides is 1. The zero-order valence-electron chi connectivity index (χ0n) is 14.8. The number of ether oxygens (including phenoxy) is 1. The van der Waals surface area contributed by atoms with E-state index in [1.807, 2.05) is 0 Å². The molecule has 0 radical (unpaired) electrons. The molecule has 2 rings (SSSR count). The van der Waals surface area contributed by atoms with Crippen molar-refractivity contribution in [3.05, 3.63) is 58.8 Å².